The van der Waals surface area contributed by atoms with Crippen molar-refractivity contribution in [2.45, 2.75) is 0 Å². The highest BCUT2D eigenvalue weighted by Gasteiger charge is 2.13. The maximum absolute atomic E-state index is 11.8. The van der Waals surface area contributed by atoms with Crippen molar-refractivity contribution in [2.24, 2.45) is 0 Å². The number of nitrogens with one attached hydrogen (secondary N) is 1. The number of ether oxygens (including phenoxy) is 1. The minimum atomic E-state index is -0.478. The summed E-state index contributed by atoms with van der Waals surface area (Å²) in [6.45, 7) is 3.04. The van der Waals surface area contributed by atoms with E-state index in [4.69, 9.17) is 4.74 Å². The van der Waals surface area contributed by atoms with E-state index >= 15 is 0 Å². The SMILES string of the molecule is O=C(CN1CCOCC1)Nc1ccc(O)c(=O)cc1. The molecule has 1 aromatic rings. The summed E-state index contributed by atoms with van der Waals surface area (Å²) < 4.78 is 5.20. The van der Waals surface area contributed by atoms with Gasteiger partial charge in [0.1, 0.15) is 0 Å². The van der Waals surface area contributed by atoms with Gasteiger partial charge >= 0.3 is 0 Å². The lowest BCUT2D eigenvalue weighted by Gasteiger charge is -2.25. The van der Waals surface area contributed by atoms with Gasteiger partial charge in [-0.3, -0.25) is 14.5 Å². The van der Waals surface area contributed by atoms with Crippen LogP contribution in [0.3, 0.4) is 0 Å². The molecule has 0 bridgehead atoms. The van der Waals surface area contributed by atoms with Gasteiger partial charge in [0.25, 0.3) is 0 Å². The third-order valence-electron chi connectivity index (χ3n) is 2.84. The molecule has 1 heterocycles. The Morgan fingerprint density at radius 1 is 1.26 bits per heavy atom. The molecule has 2 N–H and O–H groups in total. The van der Waals surface area contributed by atoms with Crippen molar-refractivity contribution in [1.82, 2.24) is 4.90 Å². The topological polar surface area (TPSA) is 78.9 Å². The van der Waals surface area contributed by atoms with Gasteiger partial charge in [0.15, 0.2) is 5.75 Å². The van der Waals surface area contributed by atoms with Crippen molar-refractivity contribution < 1.29 is 14.6 Å². The van der Waals surface area contributed by atoms with Crippen molar-refractivity contribution in [3.05, 3.63) is 34.5 Å². The van der Waals surface area contributed by atoms with E-state index in [1.165, 1.54) is 24.3 Å². The molecule has 0 spiro atoms. The molecule has 1 aliphatic rings. The highest BCUT2D eigenvalue weighted by molar-refractivity contribution is 5.92. The number of hydrogen-bond acceptors (Lipinski definition) is 5. The smallest absolute Gasteiger partial charge is 0.238 e. The molecular formula is C13H16N2O4. The Bertz CT molecular complexity index is 512. The van der Waals surface area contributed by atoms with Crippen molar-refractivity contribution in [3.63, 3.8) is 0 Å². The summed E-state index contributed by atoms with van der Waals surface area (Å²) in [7, 11) is 0. The first kappa shape index (κ1) is 13.5. The molecule has 0 unspecified atom stereocenters. The molecule has 1 aromatic carbocycles. The summed E-state index contributed by atoms with van der Waals surface area (Å²) in [6, 6.07) is 5.46. The van der Waals surface area contributed by atoms with Crippen LogP contribution in [0.5, 0.6) is 5.75 Å². The molecule has 2 rings (SSSR count). The molecule has 6 nitrogen and oxygen atoms in total. The molecule has 1 aliphatic heterocycles. The Morgan fingerprint density at radius 2 is 1.95 bits per heavy atom. The number of carbonyl (C=O) groups excluding carboxylic acids is 1. The molecule has 0 radical (unpaired) electrons. The molecule has 0 aliphatic carbocycles. The average Bonchev–Trinajstić information content (AvgIpc) is 2.55. The Kier molecular flexibility index (Phi) is 4.48. The van der Waals surface area contributed by atoms with E-state index in [9.17, 15) is 14.7 Å². The monoisotopic (exact) mass is 264 g/mol. The lowest BCUT2D eigenvalue weighted by atomic mass is 10.3. The summed E-state index contributed by atoms with van der Waals surface area (Å²) in [4.78, 5) is 25.0. The van der Waals surface area contributed by atoms with Crippen LogP contribution in [0.1, 0.15) is 0 Å². The van der Waals surface area contributed by atoms with Gasteiger partial charge in [-0.15, -0.1) is 0 Å². The van der Waals surface area contributed by atoms with E-state index < -0.39 is 5.43 Å². The molecule has 1 amide bonds. The minimum Gasteiger partial charge on any atom is -0.504 e. The van der Waals surface area contributed by atoms with Crippen LogP contribution in [0.4, 0.5) is 5.69 Å². The van der Waals surface area contributed by atoms with Gasteiger partial charge in [-0.1, -0.05) is 0 Å². The quantitative estimate of drug-likeness (QED) is 0.805. The Hall–Kier alpha value is -1.92. The van der Waals surface area contributed by atoms with Crippen LogP contribution in [-0.2, 0) is 9.53 Å². The number of carbonyl (C=O) groups is 1. The largest absolute Gasteiger partial charge is 0.504 e. The minimum absolute atomic E-state index is 0.153. The van der Waals surface area contributed by atoms with Crippen molar-refractivity contribution in [3.8, 4) is 5.75 Å². The maximum atomic E-state index is 11.8. The van der Waals surface area contributed by atoms with Crippen LogP contribution in [0.25, 0.3) is 0 Å². The van der Waals surface area contributed by atoms with Crippen LogP contribution in [-0.4, -0.2) is 48.8 Å². The summed E-state index contributed by atoms with van der Waals surface area (Å²) in [5, 5.41) is 11.9. The summed E-state index contributed by atoms with van der Waals surface area (Å²) >= 11 is 0. The van der Waals surface area contributed by atoms with E-state index in [-0.39, 0.29) is 18.2 Å². The molecule has 102 valence electrons. The van der Waals surface area contributed by atoms with E-state index in [1.54, 1.807) is 0 Å². The highest BCUT2D eigenvalue weighted by atomic mass is 16.5. The number of amides is 1. The van der Waals surface area contributed by atoms with E-state index in [0.717, 1.165) is 13.1 Å². The Balaban J connectivity index is 1.95. The fraction of sp³-hybridized carbons (Fsp3) is 0.385. The van der Waals surface area contributed by atoms with Crippen LogP contribution in [0.15, 0.2) is 29.1 Å². The van der Waals surface area contributed by atoms with Crippen molar-refractivity contribution >= 4 is 11.6 Å². The van der Waals surface area contributed by atoms with Gasteiger partial charge in [0, 0.05) is 18.8 Å². The summed E-state index contributed by atoms with van der Waals surface area (Å²) in [5.74, 6) is -0.492. The van der Waals surface area contributed by atoms with Gasteiger partial charge in [-0.25, -0.2) is 0 Å². The first-order chi connectivity index (χ1) is 9.15. The molecule has 19 heavy (non-hydrogen) atoms. The van der Waals surface area contributed by atoms with Crippen LogP contribution < -0.4 is 10.7 Å². The van der Waals surface area contributed by atoms with E-state index in [0.29, 0.717) is 18.9 Å². The summed E-state index contributed by atoms with van der Waals surface area (Å²) in [6.07, 6.45) is 0. The maximum Gasteiger partial charge on any atom is 0.238 e. The zero-order valence-electron chi connectivity index (χ0n) is 10.5. The molecule has 0 aromatic heterocycles. The lowest BCUT2D eigenvalue weighted by Crippen LogP contribution is -2.41. The van der Waals surface area contributed by atoms with E-state index in [1.807, 2.05) is 4.90 Å². The van der Waals surface area contributed by atoms with Crippen LogP contribution >= 0.6 is 0 Å². The first-order valence-electron chi connectivity index (χ1n) is 6.08. The fourth-order valence-corrected chi connectivity index (χ4v) is 1.80. The zero-order chi connectivity index (χ0) is 13.7. The predicted octanol–water partition coefficient (Wildman–Crippen LogP) is 0.0231. The van der Waals surface area contributed by atoms with Crippen LogP contribution in [0.2, 0.25) is 0 Å². The predicted molar refractivity (Wildman–Crippen MR) is 70.3 cm³/mol. The van der Waals surface area contributed by atoms with Gasteiger partial charge < -0.3 is 15.2 Å². The molecule has 1 fully saturated rings. The molecule has 0 atom stereocenters. The average molecular weight is 264 g/mol. The second-order valence-electron chi connectivity index (χ2n) is 4.31. The lowest BCUT2D eigenvalue weighted by molar-refractivity contribution is -0.118. The molecule has 1 saturated heterocycles. The number of aromatic hydroxyl groups is 1. The highest BCUT2D eigenvalue weighted by Crippen LogP contribution is 2.07. The normalized spacial score (nSPS) is 16.0. The summed E-state index contributed by atoms with van der Waals surface area (Å²) in [5.41, 5.74) is 0.00402. The molecule has 0 saturated carbocycles. The van der Waals surface area contributed by atoms with Gasteiger partial charge in [0.05, 0.1) is 19.8 Å². The number of rotatable bonds is 3. The Labute approximate surface area is 110 Å². The van der Waals surface area contributed by atoms with Crippen LogP contribution in [0, 0.1) is 0 Å². The standard InChI is InChI=1S/C13H16N2O4/c16-11-3-1-10(2-4-12(11)17)14-13(18)9-15-5-7-19-8-6-15/h1-4H,5-9H2,(H,14,18)(H,16,17). The third kappa shape index (κ3) is 4.04. The third-order valence-corrected chi connectivity index (χ3v) is 2.84. The van der Waals surface area contributed by atoms with Gasteiger partial charge in [-0.2, -0.15) is 0 Å². The number of anilines is 1. The first-order valence-corrected chi connectivity index (χ1v) is 6.08. The Morgan fingerprint density at radius 3 is 2.68 bits per heavy atom. The number of morpholine rings is 1. The molecule has 6 heteroatoms. The second kappa shape index (κ2) is 6.31. The van der Waals surface area contributed by atoms with Gasteiger partial charge in [0.2, 0.25) is 11.3 Å². The number of hydrogen-bond donors (Lipinski definition) is 2. The second-order valence-corrected chi connectivity index (χ2v) is 4.31. The number of nitrogens with zero attached hydrogens (tertiary/aromatic N) is 1. The van der Waals surface area contributed by atoms with E-state index in [2.05, 4.69) is 5.32 Å². The van der Waals surface area contributed by atoms with Crippen molar-refractivity contribution in [2.75, 3.05) is 38.2 Å². The van der Waals surface area contributed by atoms with Crippen molar-refractivity contribution in [1.29, 1.82) is 0 Å². The van der Waals surface area contributed by atoms with Gasteiger partial charge in [-0.05, 0) is 24.3 Å². The molecular weight excluding hydrogens is 248 g/mol. The fourth-order valence-electron chi connectivity index (χ4n) is 1.80. The zero-order valence-corrected chi connectivity index (χ0v) is 10.5.